The number of aliphatic hydroxyl groups is 2. The minimum absolute atomic E-state index is 0.00520. The molecule has 1 rings (SSSR count). The molecule has 1 saturated heterocycles. The molecule has 0 aromatic rings. The number of cyclic esters (lactones) is 2. The van der Waals surface area contributed by atoms with Gasteiger partial charge in [0.05, 0.1) is 31.0 Å². The fraction of sp³-hybridized carbons (Fsp3) is 0.937. The van der Waals surface area contributed by atoms with Crippen molar-refractivity contribution in [1.29, 1.82) is 0 Å². The molecule has 0 spiro atoms. The third-order valence-corrected chi connectivity index (χ3v) is 15.5. The maximum atomic E-state index is 12.5. The van der Waals surface area contributed by atoms with Crippen LogP contribution in [0.2, 0.25) is 0 Å². The van der Waals surface area contributed by atoms with Crippen LogP contribution >= 0.6 is 0 Å². The number of ether oxygens (including phenoxy) is 2. The Kier molecular flexibility index (Phi) is 50.3. The van der Waals surface area contributed by atoms with Crippen molar-refractivity contribution >= 4 is 11.9 Å². The lowest BCUT2D eigenvalue weighted by atomic mass is 9.92. The van der Waals surface area contributed by atoms with Crippen LogP contribution in [-0.4, -0.2) is 48.6 Å². The van der Waals surface area contributed by atoms with E-state index >= 15 is 0 Å². The Morgan fingerprint density at radius 2 is 0.623 bits per heavy atom. The molecule has 0 amide bonds. The number of rotatable bonds is 54. The van der Waals surface area contributed by atoms with E-state index in [1.54, 1.807) is 0 Å². The third kappa shape index (κ3) is 45.0. The zero-order valence-electron chi connectivity index (χ0n) is 46.4. The Bertz CT molecular complexity index is 1090. The highest BCUT2D eigenvalue weighted by Gasteiger charge is 2.36. The van der Waals surface area contributed by atoms with Gasteiger partial charge in [0.15, 0.2) is 0 Å². The molecule has 0 saturated carbocycles. The lowest BCUT2D eigenvalue weighted by Crippen LogP contribution is -2.40. The van der Waals surface area contributed by atoms with Gasteiger partial charge in [-0.1, -0.05) is 321 Å². The van der Waals surface area contributed by atoms with E-state index in [1.807, 2.05) is 0 Å². The summed E-state index contributed by atoms with van der Waals surface area (Å²) in [5.41, 5.74) is -1.12. The van der Waals surface area contributed by atoms with Gasteiger partial charge in [-0.05, 0) is 25.7 Å². The van der Waals surface area contributed by atoms with Crippen molar-refractivity contribution in [3.8, 4) is 0 Å². The molecule has 1 atom stereocenters. The first-order valence-corrected chi connectivity index (χ1v) is 31.3. The molecule has 1 aliphatic rings. The first kappa shape index (κ1) is 65.6. The molecular formula is C63H120O6. The molecule has 6 heteroatoms. The first-order valence-electron chi connectivity index (χ1n) is 31.3. The predicted octanol–water partition coefficient (Wildman–Crippen LogP) is 19.5. The van der Waals surface area contributed by atoms with Gasteiger partial charge in [-0.2, -0.15) is 0 Å². The van der Waals surface area contributed by atoms with E-state index in [9.17, 15) is 19.8 Å². The Morgan fingerprint density at radius 3 is 0.899 bits per heavy atom. The number of carbonyl (C=O) groups excluding carboxylic acids is 2. The van der Waals surface area contributed by atoms with Crippen LogP contribution in [0.1, 0.15) is 341 Å². The Labute approximate surface area is 430 Å². The molecule has 6 nitrogen and oxygen atoms in total. The average Bonchev–Trinajstić information content (AvgIpc) is 3.41. The van der Waals surface area contributed by atoms with Crippen LogP contribution in [0.15, 0.2) is 12.2 Å². The molecule has 0 radical (unpaired) electrons. The summed E-state index contributed by atoms with van der Waals surface area (Å²) in [4.78, 5) is 24.7. The van der Waals surface area contributed by atoms with Crippen LogP contribution < -0.4 is 0 Å². The van der Waals surface area contributed by atoms with E-state index < -0.39 is 36.5 Å². The molecule has 1 aliphatic heterocycles. The van der Waals surface area contributed by atoms with Gasteiger partial charge < -0.3 is 19.7 Å². The van der Waals surface area contributed by atoms with Gasteiger partial charge in [0.25, 0.3) is 0 Å². The average molecular weight is 974 g/mol. The molecule has 0 aromatic carbocycles. The molecule has 69 heavy (non-hydrogen) atoms. The zero-order chi connectivity index (χ0) is 49.7. The Morgan fingerprint density at radius 1 is 0.377 bits per heavy atom. The van der Waals surface area contributed by atoms with E-state index in [0.717, 1.165) is 19.3 Å². The largest absolute Gasteiger partial charge is 0.465 e. The van der Waals surface area contributed by atoms with Crippen molar-refractivity contribution < 1.29 is 29.3 Å². The van der Waals surface area contributed by atoms with Crippen molar-refractivity contribution in [2.45, 2.75) is 341 Å². The van der Waals surface area contributed by atoms with Crippen molar-refractivity contribution in [1.82, 2.24) is 0 Å². The van der Waals surface area contributed by atoms with Crippen LogP contribution in [0.25, 0.3) is 0 Å². The summed E-state index contributed by atoms with van der Waals surface area (Å²) in [6, 6.07) is 0. The molecular weight excluding hydrogens is 853 g/mol. The van der Waals surface area contributed by atoms with E-state index in [-0.39, 0.29) is 19.6 Å². The summed E-state index contributed by atoms with van der Waals surface area (Å²) in [6.45, 7) is 1.16. The maximum Gasteiger partial charge on any atom is 0.309 e. The summed E-state index contributed by atoms with van der Waals surface area (Å²) in [5.74, 6) is -1.40. The first-order chi connectivity index (χ1) is 34.1. The normalized spacial score (nSPS) is 15.4. The van der Waals surface area contributed by atoms with Gasteiger partial charge in [0.1, 0.15) is 13.2 Å². The minimum atomic E-state index is -1.12. The number of hydrogen-bond donors (Lipinski definition) is 2. The number of aliphatic hydroxyl groups excluding tert-OH is 2. The summed E-state index contributed by atoms with van der Waals surface area (Å²) in [6.07, 6.45) is 75.7. The van der Waals surface area contributed by atoms with Crippen LogP contribution in [0.5, 0.6) is 0 Å². The van der Waals surface area contributed by atoms with Gasteiger partial charge in [-0.15, -0.1) is 0 Å². The third-order valence-electron chi connectivity index (χ3n) is 15.5. The SMILES string of the molecule is CCC/C=C/CCCCCCCCCCCCCCCCCCCCCCCCCCCCCCCCCCCCCCCCCCCCCCCCCC1CC(=O)OCC(CO)(CO)COC1=O. The molecule has 1 unspecified atom stereocenters. The molecule has 1 fully saturated rings. The Hall–Kier alpha value is -1.40. The fourth-order valence-corrected chi connectivity index (χ4v) is 10.4. The number of unbranched alkanes of at least 4 members (excludes halogenated alkanes) is 48. The van der Waals surface area contributed by atoms with E-state index in [0.29, 0.717) is 6.42 Å². The Balaban J connectivity index is 1.67. The van der Waals surface area contributed by atoms with E-state index in [1.165, 1.54) is 302 Å². The fourth-order valence-electron chi connectivity index (χ4n) is 10.4. The second-order valence-corrected chi connectivity index (χ2v) is 22.4. The summed E-state index contributed by atoms with van der Waals surface area (Å²) in [7, 11) is 0. The number of carbonyl (C=O) groups is 2. The quantitative estimate of drug-likeness (QED) is 0.0358. The van der Waals surface area contributed by atoms with Crippen LogP contribution in [-0.2, 0) is 19.1 Å². The van der Waals surface area contributed by atoms with E-state index in [4.69, 9.17) is 9.47 Å². The predicted molar refractivity (Wildman–Crippen MR) is 297 cm³/mol. The van der Waals surface area contributed by atoms with Gasteiger partial charge in [0, 0.05) is 0 Å². The second kappa shape index (κ2) is 52.9. The molecule has 1 heterocycles. The van der Waals surface area contributed by atoms with Gasteiger partial charge in [-0.3, -0.25) is 9.59 Å². The van der Waals surface area contributed by atoms with Crippen molar-refractivity contribution in [2.75, 3.05) is 26.4 Å². The molecule has 0 aliphatic carbocycles. The molecule has 0 bridgehead atoms. The topological polar surface area (TPSA) is 93.1 Å². The maximum absolute atomic E-state index is 12.5. The lowest BCUT2D eigenvalue weighted by molar-refractivity contribution is -0.155. The summed E-state index contributed by atoms with van der Waals surface area (Å²) in [5, 5.41) is 19.2. The zero-order valence-corrected chi connectivity index (χ0v) is 46.4. The summed E-state index contributed by atoms with van der Waals surface area (Å²) >= 11 is 0. The highest BCUT2D eigenvalue weighted by Crippen LogP contribution is 2.25. The van der Waals surface area contributed by atoms with Crippen LogP contribution in [0, 0.1) is 11.3 Å². The van der Waals surface area contributed by atoms with Gasteiger partial charge in [0.2, 0.25) is 0 Å². The van der Waals surface area contributed by atoms with E-state index in [2.05, 4.69) is 19.1 Å². The monoisotopic (exact) mass is 973 g/mol. The summed E-state index contributed by atoms with van der Waals surface area (Å²) < 4.78 is 10.6. The molecule has 0 aromatic heterocycles. The smallest absolute Gasteiger partial charge is 0.309 e. The molecule has 408 valence electrons. The highest BCUT2D eigenvalue weighted by atomic mass is 16.6. The van der Waals surface area contributed by atoms with Crippen molar-refractivity contribution in [2.24, 2.45) is 11.3 Å². The van der Waals surface area contributed by atoms with Gasteiger partial charge >= 0.3 is 11.9 Å². The minimum Gasteiger partial charge on any atom is -0.465 e. The standard InChI is InChI=1S/C63H120O6/c1-2-3-4-5-6-7-8-9-10-11-12-13-14-15-16-17-18-19-20-21-22-23-24-25-26-27-28-29-30-31-32-33-34-35-36-37-38-39-40-41-42-43-44-45-46-47-48-49-50-51-52-53-54-60-55-61(66)68-58-63(56-64,57-65)59-69-62(60)67/h4-5,60,64-65H,2-3,6-59H2,1H3/b5-4+. The lowest BCUT2D eigenvalue weighted by Gasteiger charge is -2.27. The van der Waals surface area contributed by atoms with Crippen molar-refractivity contribution in [3.05, 3.63) is 12.2 Å². The van der Waals surface area contributed by atoms with Crippen molar-refractivity contribution in [3.63, 3.8) is 0 Å². The number of esters is 2. The highest BCUT2D eigenvalue weighted by molar-refractivity contribution is 5.80. The van der Waals surface area contributed by atoms with Crippen LogP contribution in [0.3, 0.4) is 0 Å². The number of hydrogen-bond acceptors (Lipinski definition) is 6. The van der Waals surface area contributed by atoms with Gasteiger partial charge in [-0.25, -0.2) is 0 Å². The number of allylic oxidation sites excluding steroid dienone is 2. The second-order valence-electron chi connectivity index (χ2n) is 22.4. The van der Waals surface area contributed by atoms with Crippen LogP contribution in [0.4, 0.5) is 0 Å². The molecule has 2 N–H and O–H groups in total.